The maximum Gasteiger partial charge on any atom is 0.0310 e. The SMILES string of the molecule is C=C(Cl)CNC(C)C1CCCC1. The van der Waals surface area contributed by atoms with Gasteiger partial charge in [-0.25, -0.2) is 0 Å². The summed E-state index contributed by atoms with van der Waals surface area (Å²) in [6.07, 6.45) is 5.56. The topological polar surface area (TPSA) is 12.0 Å². The van der Waals surface area contributed by atoms with Gasteiger partial charge in [0.05, 0.1) is 0 Å². The van der Waals surface area contributed by atoms with Gasteiger partial charge >= 0.3 is 0 Å². The van der Waals surface area contributed by atoms with Crippen molar-refractivity contribution < 1.29 is 0 Å². The molecule has 1 aliphatic rings. The van der Waals surface area contributed by atoms with Crippen molar-refractivity contribution in [3.8, 4) is 0 Å². The van der Waals surface area contributed by atoms with Crippen LogP contribution in [0.4, 0.5) is 0 Å². The van der Waals surface area contributed by atoms with Crippen LogP contribution in [0.1, 0.15) is 32.6 Å². The summed E-state index contributed by atoms with van der Waals surface area (Å²) in [6, 6.07) is 0.600. The molecular formula is C10H18ClN. The Kier molecular flexibility index (Phi) is 4.10. The molecule has 2 heteroatoms. The van der Waals surface area contributed by atoms with E-state index in [1.54, 1.807) is 0 Å². The molecule has 0 bridgehead atoms. The van der Waals surface area contributed by atoms with E-state index >= 15 is 0 Å². The highest BCUT2D eigenvalue weighted by Crippen LogP contribution is 2.27. The highest BCUT2D eigenvalue weighted by molar-refractivity contribution is 6.29. The summed E-state index contributed by atoms with van der Waals surface area (Å²) < 4.78 is 0. The first-order valence-electron chi connectivity index (χ1n) is 4.77. The second-order valence-corrected chi connectivity index (χ2v) is 4.27. The van der Waals surface area contributed by atoms with Gasteiger partial charge in [-0.3, -0.25) is 0 Å². The first kappa shape index (κ1) is 10.1. The lowest BCUT2D eigenvalue weighted by Crippen LogP contribution is -2.32. The fourth-order valence-corrected chi connectivity index (χ4v) is 1.97. The molecule has 0 aromatic heterocycles. The van der Waals surface area contributed by atoms with Crippen molar-refractivity contribution in [3.63, 3.8) is 0 Å². The fraction of sp³-hybridized carbons (Fsp3) is 0.800. The van der Waals surface area contributed by atoms with Crippen LogP contribution in [0.25, 0.3) is 0 Å². The molecule has 1 nitrogen and oxygen atoms in total. The highest BCUT2D eigenvalue weighted by Gasteiger charge is 2.20. The van der Waals surface area contributed by atoms with Crippen molar-refractivity contribution in [1.82, 2.24) is 5.32 Å². The van der Waals surface area contributed by atoms with Crippen LogP contribution in [0.2, 0.25) is 0 Å². The molecule has 1 saturated carbocycles. The first-order chi connectivity index (χ1) is 5.70. The lowest BCUT2D eigenvalue weighted by molar-refractivity contribution is 0.394. The number of hydrogen-bond donors (Lipinski definition) is 1. The quantitative estimate of drug-likeness (QED) is 0.714. The summed E-state index contributed by atoms with van der Waals surface area (Å²) in [7, 11) is 0. The summed E-state index contributed by atoms with van der Waals surface area (Å²) in [4.78, 5) is 0. The highest BCUT2D eigenvalue weighted by atomic mass is 35.5. The molecule has 0 amide bonds. The summed E-state index contributed by atoms with van der Waals surface area (Å²) in [5, 5.41) is 4.10. The molecule has 0 heterocycles. The molecule has 1 N–H and O–H groups in total. The Morgan fingerprint density at radius 3 is 2.67 bits per heavy atom. The van der Waals surface area contributed by atoms with Crippen LogP contribution in [0.5, 0.6) is 0 Å². The average molecular weight is 188 g/mol. The third-order valence-corrected chi connectivity index (χ3v) is 2.86. The van der Waals surface area contributed by atoms with Crippen LogP contribution in [0.3, 0.4) is 0 Å². The lowest BCUT2D eigenvalue weighted by Gasteiger charge is -2.19. The van der Waals surface area contributed by atoms with Crippen LogP contribution in [-0.2, 0) is 0 Å². The Bertz CT molecular complexity index is 150. The third-order valence-electron chi connectivity index (χ3n) is 2.72. The number of hydrogen-bond acceptors (Lipinski definition) is 1. The molecule has 70 valence electrons. The van der Waals surface area contributed by atoms with E-state index in [1.807, 2.05) is 0 Å². The maximum atomic E-state index is 5.67. The Morgan fingerprint density at radius 1 is 1.58 bits per heavy atom. The first-order valence-corrected chi connectivity index (χ1v) is 5.14. The van der Waals surface area contributed by atoms with Crippen LogP contribution in [0, 0.1) is 5.92 Å². The molecule has 1 atom stereocenters. The Balaban J connectivity index is 2.17. The minimum absolute atomic E-state index is 0.600. The van der Waals surface area contributed by atoms with Crippen molar-refractivity contribution >= 4 is 11.6 Å². The molecule has 0 saturated heterocycles. The average Bonchev–Trinajstić information content (AvgIpc) is 2.51. The smallest absolute Gasteiger partial charge is 0.0310 e. The summed E-state index contributed by atoms with van der Waals surface area (Å²) in [6.45, 7) is 6.65. The van der Waals surface area contributed by atoms with E-state index in [9.17, 15) is 0 Å². The predicted octanol–water partition coefficient (Wildman–Crippen LogP) is 2.91. The maximum absolute atomic E-state index is 5.67. The van der Waals surface area contributed by atoms with Crippen molar-refractivity contribution in [1.29, 1.82) is 0 Å². The lowest BCUT2D eigenvalue weighted by atomic mass is 10.00. The van der Waals surface area contributed by atoms with Gasteiger partial charge in [-0.15, -0.1) is 0 Å². The van der Waals surface area contributed by atoms with Crippen LogP contribution < -0.4 is 5.32 Å². The van der Waals surface area contributed by atoms with E-state index in [2.05, 4.69) is 18.8 Å². The predicted molar refractivity (Wildman–Crippen MR) is 54.4 cm³/mol. The second-order valence-electron chi connectivity index (χ2n) is 3.73. The molecule has 1 aliphatic carbocycles. The van der Waals surface area contributed by atoms with E-state index in [4.69, 9.17) is 11.6 Å². The van der Waals surface area contributed by atoms with Gasteiger partial charge in [0.25, 0.3) is 0 Å². The van der Waals surface area contributed by atoms with Gasteiger partial charge < -0.3 is 5.32 Å². The zero-order valence-corrected chi connectivity index (χ0v) is 8.53. The van der Waals surface area contributed by atoms with Gasteiger partial charge in [0.15, 0.2) is 0 Å². The van der Waals surface area contributed by atoms with Crippen molar-refractivity contribution in [2.75, 3.05) is 6.54 Å². The zero-order valence-electron chi connectivity index (χ0n) is 7.78. The van der Waals surface area contributed by atoms with E-state index in [0.29, 0.717) is 11.1 Å². The van der Waals surface area contributed by atoms with Crippen molar-refractivity contribution in [3.05, 3.63) is 11.6 Å². The van der Waals surface area contributed by atoms with E-state index < -0.39 is 0 Å². The summed E-state index contributed by atoms with van der Waals surface area (Å²) in [5.74, 6) is 0.862. The van der Waals surface area contributed by atoms with E-state index in [0.717, 1.165) is 12.5 Å². The number of halogens is 1. The molecule has 1 rings (SSSR count). The number of rotatable bonds is 4. The minimum Gasteiger partial charge on any atom is -0.309 e. The molecule has 12 heavy (non-hydrogen) atoms. The Hall–Kier alpha value is -0.0100. The largest absolute Gasteiger partial charge is 0.309 e. The van der Waals surface area contributed by atoms with Crippen LogP contribution >= 0.6 is 11.6 Å². The standard InChI is InChI=1S/C10H18ClN/c1-8(11)7-12-9(2)10-5-3-4-6-10/h9-10,12H,1,3-7H2,2H3. The van der Waals surface area contributed by atoms with Crippen molar-refractivity contribution in [2.24, 2.45) is 5.92 Å². The van der Waals surface area contributed by atoms with E-state index in [1.165, 1.54) is 25.7 Å². The molecule has 1 unspecified atom stereocenters. The van der Waals surface area contributed by atoms with Crippen LogP contribution in [-0.4, -0.2) is 12.6 Å². The Morgan fingerprint density at radius 2 is 2.17 bits per heavy atom. The van der Waals surface area contributed by atoms with Gasteiger partial charge in [-0.2, -0.15) is 0 Å². The Labute approximate surface area is 80.2 Å². The van der Waals surface area contributed by atoms with Crippen LogP contribution in [0.15, 0.2) is 11.6 Å². The molecule has 0 spiro atoms. The van der Waals surface area contributed by atoms with Gasteiger partial charge in [-0.1, -0.05) is 31.0 Å². The van der Waals surface area contributed by atoms with E-state index in [-0.39, 0.29) is 0 Å². The van der Waals surface area contributed by atoms with Gasteiger partial charge in [0.2, 0.25) is 0 Å². The number of nitrogens with one attached hydrogen (secondary N) is 1. The molecule has 0 radical (unpaired) electrons. The fourth-order valence-electron chi connectivity index (χ4n) is 1.90. The van der Waals surface area contributed by atoms with Crippen molar-refractivity contribution in [2.45, 2.75) is 38.6 Å². The molecule has 1 fully saturated rings. The third kappa shape index (κ3) is 3.16. The minimum atomic E-state index is 0.600. The molecule has 0 aromatic carbocycles. The zero-order chi connectivity index (χ0) is 8.97. The van der Waals surface area contributed by atoms with Gasteiger partial charge in [0.1, 0.15) is 0 Å². The van der Waals surface area contributed by atoms with Gasteiger partial charge in [-0.05, 0) is 25.7 Å². The molecule has 0 aromatic rings. The molecular weight excluding hydrogens is 170 g/mol. The normalized spacial score (nSPS) is 21.2. The summed E-state index contributed by atoms with van der Waals surface area (Å²) >= 11 is 5.67. The second kappa shape index (κ2) is 4.88. The summed E-state index contributed by atoms with van der Waals surface area (Å²) in [5.41, 5.74) is 0. The van der Waals surface area contributed by atoms with Gasteiger partial charge in [0, 0.05) is 17.6 Å². The molecule has 0 aliphatic heterocycles. The monoisotopic (exact) mass is 187 g/mol.